The second kappa shape index (κ2) is 5.72. The highest BCUT2D eigenvalue weighted by molar-refractivity contribution is 5.47. The Balaban J connectivity index is 2.24. The van der Waals surface area contributed by atoms with Crippen LogP contribution >= 0.6 is 0 Å². The summed E-state index contributed by atoms with van der Waals surface area (Å²) >= 11 is 0. The molecule has 1 N–H and O–H groups in total. The lowest BCUT2D eigenvalue weighted by Gasteiger charge is -2.38. The molecule has 0 atom stereocenters. The molecule has 0 unspecified atom stereocenters. The van der Waals surface area contributed by atoms with E-state index in [-0.39, 0.29) is 5.41 Å². The monoisotopic (exact) mass is 248 g/mol. The molecule has 1 aliphatic rings. The van der Waals surface area contributed by atoms with Gasteiger partial charge in [-0.25, -0.2) is 0 Å². The molecular formula is C15H24N2O. The Labute approximate surface area is 110 Å². The van der Waals surface area contributed by atoms with Crippen molar-refractivity contribution in [3.8, 4) is 0 Å². The molecule has 0 aromatic heterocycles. The zero-order chi connectivity index (χ0) is 13.0. The van der Waals surface area contributed by atoms with Gasteiger partial charge in [-0.15, -0.1) is 0 Å². The minimum atomic E-state index is 0.248. The fourth-order valence-electron chi connectivity index (χ4n) is 2.78. The van der Waals surface area contributed by atoms with Crippen molar-refractivity contribution >= 4 is 5.69 Å². The topological polar surface area (TPSA) is 24.5 Å². The van der Waals surface area contributed by atoms with E-state index in [1.807, 2.05) is 7.05 Å². The van der Waals surface area contributed by atoms with Gasteiger partial charge >= 0.3 is 0 Å². The Kier molecular flexibility index (Phi) is 4.25. The molecule has 1 aliphatic heterocycles. The Morgan fingerprint density at radius 2 is 1.78 bits per heavy atom. The first-order valence-electron chi connectivity index (χ1n) is 6.68. The van der Waals surface area contributed by atoms with Gasteiger partial charge < -0.3 is 15.0 Å². The lowest BCUT2D eigenvalue weighted by Crippen LogP contribution is -2.41. The Bertz CT molecular complexity index is 361. The van der Waals surface area contributed by atoms with Crippen LogP contribution in [0.1, 0.15) is 18.4 Å². The molecule has 0 amide bonds. The first kappa shape index (κ1) is 13.4. The molecule has 3 heteroatoms. The van der Waals surface area contributed by atoms with Gasteiger partial charge in [-0.3, -0.25) is 0 Å². The predicted molar refractivity (Wildman–Crippen MR) is 76.4 cm³/mol. The summed E-state index contributed by atoms with van der Waals surface area (Å²) < 4.78 is 5.52. The fraction of sp³-hybridized carbons (Fsp3) is 0.600. The average molecular weight is 248 g/mol. The third kappa shape index (κ3) is 2.68. The normalized spacial score (nSPS) is 18.6. The number of nitrogens with zero attached hydrogens (tertiary/aromatic N) is 1. The minimum absolute atomic E-state index is 0.248. The number of rotatable bonds is 4. The fourth-order valence-corrected chi connectivity index (χ4v) is 2.78. The van der Waals surface area contributed by atoms with Crippen molar-refractivity contribution in [2.75, 3.05) is 45.8 Å². The Hall–Kier alpha value is -1.06. The number of likely N-dealkylation sites (N-methyl/N-ethyl adjacent to an activating group) is 1. The van der Waals surface area contributed by atoms with Gasteiger partial charge in [0, 0.05) is 45.0 Å². The summed E-state index contributed by atoms with van der Waals surface area (Å²) in [5.41, 5.74) is 2.94. The molecule has 0 saturated carbocycles. The van der Waals surface area contributed by atoms with Crippen LogP contribution in [0.3, 0.4) is 0 Å². The Morgan fingerprint density at radius 3 is 2.28 bits per heavy atom. The highest BCUT2D eigenvalue weighted by Crippen LogP contribution is 2.34. The van der Waals surface area contributed by atoms with Crippen LogP contribution in [-0.4, -0.2) is 40.9 Å². The molecule has 0 bridgehead atoms. The summed E-state index contributed by atoms with van der Waals surface area (Å²) in [5, 5.41) is 3.35. The number of benzene rings is 1. The quantitative estimate of drug-likeness (QED) is 0.882. The van der Waals surface area contributed by atoms with Gasteiger partial charge in [-0.1, -0.05) is 12.1 Å². The second-order valence-electron chi connectivity index (χ2n) is 5.36. The number of anilines is 1. The molecule has 2 rings (SSSR count). The molecule has 1 aromatic carbocycles. The van der Waals surface area contributed by atoms with Gasteiger partial charge in [0.1, 0.15) is 0 Å². The molecule has 1 fully saturated rings. The molecule has 18 heavy (non-hydrogen) atoms. The van der Waals surface area contributed by atoms with Crippen molar-refractivity contribution in [1.29, 1.82) is 0 Å². The zero-order valence-corrected chi connectivity index (χ0v) is 11.7. The van der Waals surface area contributed by atoms with E-state index in [9.17, 15) is 0 Å². The molecule has 100 valence electrons. The van der Waals surface area contributed by atoms with Crippen molar-refractivity contribution in [1.82, 2.24) is 5.32 Å². The molecule has 0 radical (unpaired) electrons. The van der Waals surface area contributed by atoms with Crippen LogP contribution < -0.4 is 10.2 Å². The smallest absolute Gasteiger partial charge is 0.0475 e. The van der Waals surface area contributed by atoms with Crippen LogP contribution in [0, 0.1) is 0 Å². The van der Waals surface area contributed by atoms with Crippen LogP contribution in [-0.2, 0) is 10.2 Å². The van der Waals surface area contributed by atoms with E-state index in [1.165, 1.54) is 11.3 Å². The maximum atomic E-state index is 5.52. The Morgan fingerprint density at radius 1 is 1.17 bits per heavy atom. The molecule has 1 aromatic rings. The maximum absolute atomic E-state index is 5.52. The molecule has 0 spiro atoms. The minimum Gasteiger partial charge on any atom is -0.381 e. The number of hydrogen-bond donors (Lipinski definition) is 1. The van der Waals surface area contributed by atoms with Gasteiger partial charge in [-0.2, -0.15) is 0 Å². The lowest BCUT2D eigenvalue weighted by atomic mass is 9.74. The lowest BCUT2D eigenvalue weighted by molar-refractivity contribution is 0.0506. The first-order chi connectivity index (χ1) is 8.68. The molecule has 1 heterocycles. The highest BCUT2D eigenvalue weighted by Gasteiger charge is 2.33. The van der Waals surface area contributed by atoms with E-state index in [0.29, 0.717) is 0 Å². The van der Waals surface area contributed by atoms with Crippen LogP contribution in [0.15, 0.2) is 24.3 Å². The van der Waals surface area contributed by atoms with Crippen LogP contribution in [0.5, 0.6) is 0 Å². The third-order valence-corrected chi connectivity index (χ3v) is 3.96. The summed E-state index contributed by atoms with van der Waals surface area (Å²) in [6.45, 7) is 2.77. The summed E-state index contributed by atoms with van der Waals surface area (Å²) in [4.78, 5) is 2.14. The zero-order valence-electron chi connectivity index (χ0n) is 11.7. The van der Waals surface area contributed by atoms with Gasteiger partial charge in [0.25, 0.3) is 0 Å². The van der Waals surface area contributed by atoms with Crippen molar-refractivity contribution < 1.29 is 4.74 Å². The van der Waals surface area contributed by atoms with E-state index in [4.69, 9.17) is 4.74 Å². The predicted octanol–water partition coefficient (Wildman–Crippen LogP) is 2.02. The average Bonchev–Trinajstić information content (AvgIpc) is 2.40. The SMILES string of the molecule is CNCC1(c2ccc(N(C)C)cc2)CCOCC1. The molecule has 3 nitrogen and oxygen atoms in total. The van der Waals surface area contributed by atoms with E-state index in [0.717, 1.165) is 32.6 Å². The van der Waals surface area contributed by atoms with Crippen molar-refractivity contribution in [3.63, 3.8) is 0 Å². The number of hydrogen-bond acceptors (Lipinski definition) is 3. The van der Waals surface area contributed by atoms with Crippen LogP contribution in [0.2, 0.25) is 0 Å². The highest BCUT2D eigenvalue weighted by atomic mass is 16.5. The number of nitrogens with one attached hydrogen (secondary N) is 1. The summed E-state index contributed by atoms with van der Waals surface area (Å²) in [5.74, 6) is 0. The molecule has 0 aliphatic carbocycles. The summed E-state index contributed by atoms with van der Waals surface area (Å²) in [7, 11) is 6.19. The summed E-state index contributed by atoms with van der Waals surface area (Å²) in [6.07, 6.45) is 2.21. The van der Waals surface area contributed by atoms with Crippen molar-refractivity contribution in [2.24, 2.45) is 0 Å². The first-order valence-corrected chi connectivity index (χ1v) is 6.68. The van der Waals surface area contributed by atoms with Gasteiger partial charge in [-0.05, 0) is 37.6 Å². The molecule has 1 saturated heterocycles. The van der Waals surface area contributed by atoms with Gasteiger partial charge in [0.15, 0.2) is 0 Å². The standard InChI is InChI=1S/C15H24N2O/c1-16-12-15(8-10-18-11-9-15)13-4-6-14(7-5-13)17(2)3/h4-7,16H,8-12H2,1-3H3. The maximum Gasteiger partial charge on any atom is 0.0475 e. The second-order valence-corrected chi connectivity index (χ2v) is 5.36. The van der Waals surface area contributed by atoms with Gasteiger partial charge in [0.2, 0.25) is 0 Å². The van der Waals surface area contributed by atoms with Crippen molar-refractivity contribution in [3.05, 3.63) is 29.8 Å². The van der Waals surface area contributed by atoms with Gasteiger partial charge in [0.05, 0.1) is 0 Å². The van der Waals surface area contributed by atoms with E-state index < -0.39 is 0 Å². The van der Waals surface area contributed by atoms with E-state index in [2.05, 4.69) is 48.6 Å². The molecular weight excluding hydrogens is 224 g/mol. The third-order valence-electron chi connectivity index (χ3n) is 3.96. The van der Waals surface area contributed by atoms with Crippen LogP contribution in [0.25, 0.3) is 0 Å². The van der Waals surface area contributed by atoms with E-state index >= 15 is 0 Å². The summed E-state index contributed by atoms with van der Waals surface area (Å²) in [6, 6.07) is 8.97. The van der Waals surface area contributed by atoms with E-state index in [1.54, 1.807) is 0 Å². The van der Waals surface area contributed by atoms with Crippen molar-refractivity contribution in [2.45, 2.75) is 18.3 Å². The van der Waals surface area contributed by atoms with Crippen LogP contribution in [0.4, 0.5) is 5.69 Å². The largest absolute Gasteiger partial charge is 0.381 e. The number of ether oxygens (including phenoxy) is 1.